The summed E-state index contributed by atoms with van der Waals surface area (Å²) in [5, 5.41) is 51.2. The van der Waals surface area contributed by atoms with Crippen molar-refractivity contribution in [2.24, 2.45) is 0 Å². The van der Waals surface area contributed by atoms with Crippen LogP contribution in [0.4, 0.5) is 0 Å². The summed E-state index contributed by atoms with van der Waals surface area (Å²) in [6, 6.07) is 6.30. The fraction of sp³-hybridized carbons (Fsp3) is 0.429. The Bertz CT molecular complexity index is 1670. The number of aromatic nitrogens is 2. The Morgan fingerprint density at radius 1 is 1.10 bits per heavy atom. The van der Waals surface area contributed by atoms with Gasteiger partial charge < -0.3 is 44.3 Å². The van der Waals surface area contributed by atoms with Crippen molar-refractivity contribution in [3.63, 3.8) is 0 Å². The second-order valence-electron chi connectivity index (χ2n) is 10.4. The molecule has 13 nitrogen and oxygen atoms in total. The number of pyridine rings is 2. The zero-order valence-corrected chi connectivity index (χ0v) is 22.1. The first-order valence-electron chi connectivity index (χ1n) is 13.2. The van der Waals surface area contributed by atoms with Gasteiger partial charge in [-0.05, 0) is 42.7 Å². The fourth-order valence-electron chi connectivity index (χ4n) is 5.84. The fourth-order valence-corrected chi connectivity index (χ4v) is 5.84. The molecule has 6 atom stereocenters. The summed E-state index contributed by atoms with van der Waals surface area (Å²) in [6.07, 6.45) is -8.51. The molecule has 1 saturated heterocycles. The van der Waals surface area contributed by atoms with E-state index >= 15 is 0 Å². The molecule has 1 fully saturated rings. The van der Waals surface area contributed by atoms with Crippen LogP contribution in [0.15, 0.2) is 29.1 Å². The second-order valence-corrected chi connectivity index (χ2v) is 10.4. The van der Waals surface area contributed by atoms with Crippen molar-refractivity contribution in [2.45, 2.75) is 76.1 Å². The molecule has 1 aromatic carbocycles. The first-order valence-corrected chi connectivity index (χ1v) is 13.2. The Balaban J connectivity index is 1.39. The number of aliphatic hydroxyl groups excluding tert-OH is 4. The molecule has 3 aliphatic rings. The van der Waals surface area contributed by atoms with E-state index in [9.17, 15) is 39.9 Å². The van der Waals surface area contributed by atoms with E-state index in [0.29, 0.717) is 28.7 Å². The van der Waals surface area contributed by atoms with Crippen LogP contribution in [0.2, 0.25) is 0 Å². The number of aryl methyl sites for hydroxylation is 1. The summed E-state index contributed by atoms with van der Waals surface area (Å²) in [6.45, 7) is 3.52. The number of esters is 2. The maximum Gasteiger partial charge on any atom is 0.343 e. The summed E-state index contributed by atoms with van der Waals surface area (Å²) in [5.41, 5.74) is 1.27. The number of benzene rings is 1. The van der Waals surface area contributed by atoms with Crippen molar-refractivity contribution in [3.05, 3.63) is 56.9 Å². The number of carbonyl (C=O) groups is 2. The molecule has 1 unspecified atom stereocenters. The van der Waals surface area contributed by atoms with E-state index in [0.717, 1.165) is 11.1 Å². The lowest BCUT2D eigenvalue weighted by atomic mass is 9.86. The summed E-state index contributed by atoms with van der Waals surface area (Å²) in [7, 11) is 0. The van der Waals surface area contributed by atoms with Crippen LogP contribution in [0.5, 0.6) is 5.75 Å². The van der Waals surface area contributed by atoms with Crippen LogP contribution in [0.3, 0.4) is 0 Å². The number of fused-ring (bicyclic) bond motifs is 5. The maximum atomic E-state index is 13.5. The monoisotopic (exact) mass is 568 g/mol. The number of hydrogen-bond donors (Lipinski definition) is 5. The predicted molar refractivity (Wildman–Crippen MR) is 138 cm³/mol. The van der Waals surface area contributed by atoms with Gasteiger partial charge in [0, 0.05) is 16.5 Å². The molecule has 5 heterocycles. The number of hydrogen-bond acceptors (Lipinski definition) is 12. The van der Waals surface area contributed by atoms with E-state index in [-0.39, 0.29) is 42.0 Å². The topological polar surface area (TPSA) is 198 Å². The van der Waals surface area contributed by atoms with Gasteiger partial charge in [-0.25, -0.2) is 14.6 Å². The molecule has 0 bridgehead atoms. The van der Waals surface area contributed by atoms with Gasteiger partial charge in [-0.3, -0.25) is 4.79 Å². The Labute approximate surface area is 232 Å². The molecular weight excluding hydrogens is 540 g/mol. The van der Waals surface area contributed by atoms with Crippen LogP contribution in [0.25, 0.3) is 22.3 Å². The van der Waals surface area contributed by atoms with Crippen molar-refractivity contribution in [3.8, 4) is 17.1 Å². The number of cyclic esters (lactones) is 1. The molecule has 6 rings (SSSR count). The van der Waals surface area contributed by atoms with E-state index in [1.54, 1.807) is 25.1 Å². The van der Waals surface area contributed by atoms with Gasteiger partial charge >= 0.3 is 11.9 Å². The SMILES string of the molecule is CCc1c2c(nc3ccc(OC(=O)[C@H]4O[C@@H](O)[C@H](O)[C@@H](O)[C@@H]4O)cc13)-c1cc3c(c(=O)n1C2)COC(=O)C3(O)CC. The van der Waals surface area contributed by atoms with Gasteiger partial charge in [0.2, 0.25) is 0 Å². The summed E-state index contributed by atoms with van der Waals surface area (Å²) < 4.78 is 17.0. The third-order valence-electron chi connectivity index (χ3n) is 8.17. The van der Waals surface area contributed by atoms with Crippen molar-refractivity contribution >= 4 is 22.8 Å². The third-order valence-corrected chi connectivity index (χ3v) is 8.17. The van der Waals surface area contributed by atoms with E-state index in [1.165, 1.54) is 10.6 Å². The number of nitrogens with zero attached hydrogens (tertiary/aromatic N) is 2. The summed E-state index contributed by atoms with van der Waals surface area (Å²) in [5.74, 6) is -1.81. The molecule has 0 spiro atoms. The van der Waals surface area contributed by atoms with Gasteiger partial charge in [0.1, 0.15) is 30.7 Å². The van der Waals surface area contributed by atoms with E-state index in [2.05, 4.69) is 0 Å². The molecule has 0 saturated carbocycles. The number of ether oxygens (including phenoxy) is 3. The zero-order valence-electron chi connectivity index (χ0n) is 22.1. The molecule has 0 aliphatic carbocycles. The highest BCUT2D eigenvalue weighted by molar-refractivity contribution is 5.90. The molecule has 0 amide bonds. The van der Waals surface area contributed by atoms with E-state index < -0.39 is 48.2 Å². The highest BCUT2D eigenvalue weighted by Gasteiger charge is 2.47. The summed E-state index contributed by atoms with van der Waals surface area (Å²) in [4.78, 5) is 43.4. The Morgan fingerprint density at radius 3 is 2.56 bits per heavy atom. The molecule has 0 radical (unpaired) electrons. The maximum absolute atomic E-state index is 13.5. The first-order chi connectivity index (χ1) is 19.5. The number of rotatable bonds is 4. The van der Waals surface area contributed by atoms with Crippen LogP contribution in [0, 0.1) is 0 Å². The van der Waals surface area contributed by atoms with Crippen LogP contribution in [-0.4, -0.2) is 77.7 Å². The molecule has 216 valence electrons. The molecule has 41 heavy (non-hydrogen) atoms. The van der Waals surface area contributed by atoms with E-state index in [1.807, 2.05) is 6.92 Å². The Morgan fingerprint density at radius 2 is 1.85 bits per heavy atom. The lowest BCUT2D eigenvalue weighted by molar-refractivity contribution is -0.279. The first kappa shape index (κ1) is 27.4. The zero-order chi connectivity index (χ0) is 29.4. The minimum absolute atomic E-state index is 0.0306. The average molecular weight is 569 g/mol. The predicted octanol–water partition coefficient (Wildman–Crippen LogP) is -0.653. The van der Waals surface area contributed by atoms with Gasteiger partial charge in [0.15, 0.2) is 18.0 Å². The van der Waals surface area contributed by atoms with Gasteiger partial charge in [0.05, 0.1) is 29.0 Å². The van der Waals surface area contributed by atoms with E-state index in [4.69, 9.17) is 19.2 Å². The van der Waals surface area contributed by atoms with Gasteiger partial charge in [0.25, 0.3) is 5.56 Å². The number of aliphatic hydroxyl groups is 5. The lowest BCUT2D eigenvalue weighted by Crippen LogP contribution is -2.60. The molecular formula is C28H28N2O11. The average Bonchev–Trinajstić information content (AvgIpc) is 3.33. The van der Waals surface area contributed by atoms with Crippen LogP contribution in [0.1, 0.15) is 42.5 Å². The Hall–Kier alpha value is -3.72. The van der Waals surface area contributed by atoms with Gasteiger partial charge in [-0.15, -0.1) is 0 Å². The standard InChI is InChI=1S/C28H28N2O11/c1-3-12-13-7-11(40-26(36)23-21(32)20(31)22(33)25(35)41-23)5-6-17(13)29-19-14(12)9-30-18(19)8-16-15(24(30)34)10-39-27(37)28(16,38)4-2/h5-8,20-23,25,31-33,35,38H,3-4,9-10H2,1-2H3/t20-,21-,22+,23-,25+,28?/m0/s1. The van der Waals surface area contributed by atoms with Crippen LogP contribution in [-0.2, 0) is 44.2 Å². The van der Waals surface area contributed by atoms with Crippen molar-refractivity contribution in [1.82, 2.24) is 9.55 Å². The quantitative estimate of drug-likeness (QED) is 0.154. The van der Waals surface area contributed by atoms with Gasteiger partial charge in [-0.2, -0.15) is 0 Å². The molecule has 2 aromatic heterocycles. The van der Waals surface area contributed by atoms with Crippen LogP contribution < -0.4 is 10.3 Å². The van der Waals surface area contributed by atoms with Crippen LogP contribution >= 0.6 is 0 Å². The smallest absolute Gasteiger partial charge is 0.343 e. The van der Waals surface area contributed by atoms with Crippen molar-refractivity contribution in [1.29, 1.82) is 0 Å². The third kappa shape index (κ3) is 4.00. The molecule has 3 aliphatic heterocycles. The van der Waals surface area contributed by atoms with Crippen molar-refractivity contribution < 1.29 is 49.3 Å². The number of carbonyl (C=O) groups excluding carboxylic acids is 2. The van der Waals surface area contributed by atoms with Gasteiger partial charge in [-0.1, -0.05) is 13.8 Å². The minimum Gasteiger partial charge on any atom is -0.458 e. The molecule has 3 aromatic rings. The molecule has 13 heteroatoms. The highest BCUT2D eigenvalue weighted by atomic mass is 16.7. The Kier molecular flexibility index (Phi) is 6.48. The second kappa shape index (κ2) is 9.69. The normalized spacial score (nSPS) is 28.6. The lowest BCUT2D eigenvalue weighted by Gasteiger charge is -2.36. The minimum atomic E-state index is -1.94. The van der Waals surface area contributed by atoms with Crippen molar-refractivity contribution in [2.75, 3.05) is 0 Å². The largest absolute Gasteiger partial charge is 0.458 e. The molecule has 5 N–H and O–H groups in total. The highest BCUT2D eigenvalue weighted by Crippen LogP contribution is 2.40. The summed E-state index contributed by atoms with van der Waals surface area (Å²) >= 11 is 0.